The molecule has 0 aliphatic rings. The van der Waals surface area contributed by atoms with Crippen molar-refractivity contribution in [3.05, 3.63) is 58.0 Å². The number of nitrogens with zero attached hydrogens (tertiary/aromatic N) is 3. The van der Waals surface area contributed by atoms with Gasteiger partial charge in [-0.05, 0) is 45.0 Å². The lowest BCUT2D eigenvalue weighted by Gasteiger charge is -2.17. The largest absolute Gasteiger partial charge is 0.487 e. The van der Waals surface area contributed by atoms with E-state index in [1.165, 1.54) is 0 Å². The molecular formula is C19H19Cl2N3O3. The van der Waals surface area contributed by atoms with Crippen LogP contribution in [0, 0.1) is 0 Å². The molecule has 0 fully saturated rings. The van der Waals surface area contributed by atoms with Crippen molar-refractivity contribution in [1.29, 1.82) is 0 Å². The van der Waals surface area contributed by atoms with E-state index in [0.29, 0.717) is 33.2 Å². The number of ether oxygens (including phenoxy) is 2. The van der Waals surface area contributed by atoms with E-state index in [0.717, 1.165) is 5.56 Å². The van der Waals surface area contributed by atoms with Crippen molar-refractivity contribution in [2.75, 3.05) is 0 Å². The Bertz CT molecular complexity index is 885. The summed E-state index contributed by atoms with van der Waals surface area (Å²) in [6, 6.07) is 8.85. The third kappa shape index (κ3) is 5.42. The molecule has 1 aromatic carbocycles. The summed E-state index contributed by atoms with van der Waals surface area (Å²) in [5.41, 5.74) is 1.02. The summed E-state index contributed by atoms with van der Waals surface area (Å²) in [4.78, 5) is 8.60. The van der Waals surface area contributed by atoms with Gasteiger partial charge < -0.3 is 14.0 Å². The first kappa shape index (κ1) is 19.6. The van der Waals surface area contributed by atoms with E-state index in [2.05, 4.69) is 15.1 Å². The van der Waals surface area contributed by atoms with Crippen LogP contribution in [0.15, 0.2) is 41.1 Å². The monoisotopic (exact) mass is 407 g/mol. The molecule has 0 saturated carbocycles. The number of halogens is 2. The predicted molar refractivity (Wildman–Crippen MR) is 103 cm³/mol. The minimum absolute atomic E-state index is 0.246. The number of pyridine rings is 1. The zero-order chi connectivity index (χ0) is 19.4. The molecule has 8 heteroatoms. The van der Waals surface area contributed by atoms with Crippen LogP contribution in [-0.4, -0.2) is 20.7 Å². The molecule has 0 atom stereocenters. The van der Waals surface area contributed by atoms with Gasteiger partial charge in [-0.2, -0.15) is 4.98 Å². The second-order valence-corrected chi connectivity index (χ2v) is 7.60. The number of benzene rings is 1. The van der Waals surface area contributed by atoms with Crippen LogP contribution in [-0.2, 0) is 18.0 Å². The Kier molecular flexibility index (Phi) is 5.99. The topological polar surface area (TPSA) is 70.3 Å². The molecule has 0 aliphatic heterocycles. The van der Waals surface area contributed by atoms with Crippen LogP contribution in [0.5, 0.6) is 5.75 Å². The number of hydrogen-bond donors (Lipinski definition) is 0. The van der Waals surface area contributed by atoms with Gasteiger partial charge in [-0.15, -0.1) is 0 Å². The van der Waals surface area contributed by atoms with Crippen molar-refractivity contribution >= 4 is 23.2 Å². The molecule has 0 bridgehead atoms. The average molecular weight is 408 g/mol. The summed E-state index contributed by atoms with van der Waals surface area (Å²) < 4.78 is 16.5. The quantitative estimate of drug-likeness (QED) is 0.549. The Balaban J connectivity index is 1.63. The maximum Gasteiger partial charge on any atom is 0.253 e. The molecule has 2 aromatic heterocycles. The molecule has 0 radical (unpaired) electrons. The standard InChI is InChI=1S/C19H19Cl2N3O3/c1-19(2,3)26-11-17-23-18(24-27-17)16-8-7-12(9-22-16)25-10-13-14(20)5-4-6-15(13)21/h4-9H,10-11H2,1-3H3. The van der Waals surface area contributed by atoms with Gasteiger partial charge in [0.2, 0.25) is 5.82 Å². The van der Waals surface area contributed by atoms with E-state index < -0.39 is 0 Å². The highest BCUT2D eigenvalue weighted by Crippen LogP contribution is 2.26. The van der Waals surface area contributed by atoms with Gasteiger partial charge >= 0.3 is 0 Å². The Morgan fingerprint density at radius 2 is 1.78 bits per heavy atom. The Labute approximate surface area is 167 Å². The van der Waals surface area contributed by atoms with Crippen LogP contribution >= 0.6 is 23.2 Å². The van der Waals surface area contributed by atoms with Crippen molar-refractivity contribution in [2.45, 2.75) is 39.6 Å². The summed E-state index contributed by atoms with van der Waals surface area (Å²) in [5.74, 6) is 1.37. The molecule has 0 saturated heterocycles. The molecular weight excluding hydrogens is 389 g/mol. The molecule has 27 heavy (non-hydrogen) atoms. The summed E-state index contributed by atoms with van der Waals surface area (Å²) in [5, 5.41) is 5.05. The molecule has 0 unspecified atom stereocenters. The van der Waals surface area contributed by atoms with Crippen molar-refractivity contribution in [3.63, 3.8) is 0 Å². The minimum atomic E-state index is -0.281. The zero-order valence-corrected chi connectivity index (χ0v) is 16.7. The van der Waals surface area contributed by atoms with Crippen LogP contribution in [0.3, 0.4) is 0 Å². The van der Waals surface area contributed by atoms with Gasteiger partial charge in [-0.1, -0.05) is 34.4 Å². The van der Waals surface area contributed by atoms with E-state index in [-0.39, 0.29) is 18.8 Å². The third-order valence-corrected chi connectivity index (χ3v) is 4.22. The second kappa shape index (κ2) is 8.25. The SMILES string of the molecule is CC(C)(C)OCc1nc(-c2ccc(OCc3c(Cl)cccc3Cl)cn2)no1. The lowest BCUT2D eigenvalue weighted by atomic mass is 10.2. The van der Waals surface area contributed by atoms with Crippen LogP contribution in [0.1, 0.15) is 32.2 Å². The molecule has 0 N–H and O–H groups in total. The summed E-state index contributed by atoms with van der Waals surface area (Å²) in [7, 11) is 0. The average Bonchev–Trinajstić information content (AvgIpc) is 3.09. The van der Waals surface area contributed by atoms with Gasteiger partial charge in [0.25, 0.3) is 5.89 Å². The molecule has 0 spiro atoms. The lowest BCUT2D eigenvalue weighted by Crippen LogP contribution is -2.18. The predicted octanol–water partition coefficient (Wildman–Crippen LogP) is 5.33. The smallest absolute Gasteiger partial charge is 0.253 e. The Morgan fingerprint density at radius 1 is 1.04 bits per heavy atom. The molecule has 3 rings (SSSR count). The van der Waals surface area contributed by atoms with Crippen LogP contribution in [0.4, 0.5) is 0 Å². The van der Waals surface area contributed by atoms with Crippen molar-refractivity contribution in [1.82, 2.24) is 15.1 Å². The van der Waals surface area contributed by atoms with E-state index in [1.807, 2.05) is 20.8 Å². The van der Waals surface area contributed by atoms with Gasteiger partial charge in [0.15, 0.2) is 0 Å². The maximum absolute atomic E-state index is 6.14. The fraction of sp³-hybridized carbons (Fsp3) is 0.316. The number of aromatic nitrogens is 3. The van der Waals surface area contributed by atoms with Crippen molar-refractivity contribution in [2.24, 2.45) is 0 Å². The first-order valence-electron chi connectivity index (χ1n) is 8.30. The third-order valence-electron chi connectivity index (χ3n) is 3.51. The van der Waals surface area contributed by atoms with E-state index in [1.54, 1.807) is 36.5 Å². The normalized spacial score (nSPS) is 11.6. The van der Waals surface area contributed by atoms with Gasteiger partial charge in [-0.25, -0.2) is 4.98 Å². The highest BCUT2D eigenvalue weighted by molar-refractivity contribution is 6.35. The maximum atomic E-state index is 6.14. The highest BCUT2D eigenvalue weighted by atomic mass is 35.5. The fourth-order valence-electron chi connectivity index (χ4n) is 2.12. The molecule has 142 valence electrons. The van der Waals surface area contributed by atoms with Crippen LogP contribution < -0.4 is 4.74 Å². The first-order chi connectivity index (χ1) is 12.8. The zero-order valence-electron chi connectivity index (χ0n) is 15.2. The first-order valence-corrected chi connectivity index (χ1v) is 9.06. The van der Waals surface area contributed by atoms with Gasteiger partial charge in [0.1, 0.15) is 24.7 Å². The van der Waals surface area contributed by atoms with Crippen molar-refractivity contribution in [3.8, 4) is 17.3 Å². The van der Waals surface area contributed by atoms with Gasteiger partial charge in [-0.3, -0.25) is 0 Å². The highest BCUT2D eigenvalue weighted by Gasteiger charge is 2.15. The Hall–Kier alpha value is -2.15. The molecule has 2 heterocycles. The Morgan fingerprint density at radius 3 is 2.41 bits per heavy atom. The van der Waals surface area contributed by atoms with Crippen LogP contribution in [0.2, 0.25) is 10.0 Å². The summed E-state index contributed by atoms with van der Waals surface area (Å²) >= 11 is 12.3. The van der Waals surface area contributed by atoms with Crippen LogP contribution in [0.25, 0.3) is 11.5 Å². The number of rotatable bonds is 6. The molecule has 0 amide bonds. The number of hydrogen-bond acceptors (Lipinski definition) is 6. The van der Waals surface area contributed by atoms with Gasteiger partial charge in [0, 0.05) is 15.6 Å². The van der Waals surface area contributed by atoms with Crippen molar-refractivity contribution < 1.29 is 14.0 Å². The minimum Gasteiger partial charge on any atom is -0.487 e. The molecule has 0 aliphatic carbocycles. The van der Waals surface area contributed by atoms with E-state index >= 15 is 0 Å². The molecule has 6 nitrogen and oxygen atoms in total. The summed E-state index contributed by atoms with van der Waals surface area (Å²) in [6.07, 6.45) is 1.59. The summed E-state index contributed by atoms with van der Waals surface area (Å²) in [6.45, 7) is 6.37. The van der Waals surface area contributed by atoms with E-state index in [4.69, 9.17) is 37.2 Å². The lowest BCUT2D eigenvalue weighted by molar-refractivity contribution is -0.0260. The second-order valence-electron chi connectivity index (χ2n) is 6.78. The molecule has 3 aromatic rings. The fourth-order valence-corrected chi connectivity index (χ4v) is 2.63. The van der Waals surface area contributed by atoms with E-state index in [9.17, 15) is 0 Å². The van der Waals surface area contributed by atoms with Gasteiger partial charge in [0.05, 0.1) is 11.8 Å².